The van der Waals surface area contributed by atoms with Gasteiger partial charge in [-0.1, -0.05) is 65.9 Å². The number of carbonyl (C=O) groups excluding carboxylic acids is 1. The summed E-state index contributed by atoms with van der Waals surface area (Å²) in [6, 6.07) is 18.1. The van der Waals surface area contributed by atoms with Gasteiger partial charge in [-0.25, -0.2) is 4.68 Å². The molecule has 3 aromatic rings. The highest BCUT2D eigenvalue weighted by Crippen LogP contribution is 2.31. The second-order valence-corrected chi connectivity index (χ2v) is 7.65. The summed E-state index contributed by atoms with van der Waals surface area (Å²) < 4.78 is 2.31. The van der Waals surface area contributed by atoms with Gasteiger partial charge in [0, 0.05) is 17.3 Å². The quantitative estimate of drug-likeness (QED) is 0.545. The average molecular weight is 377 g/mol. The maximum Gasteiger partial charge on any atom is 0.263 e. The highest BCUT2D eigenvalue weighted by molar-refractivity contribution is 8.26. The second-order valence-electron chi connectivity index (χ2n) is 5.93. The zero-order valence-electron chi connectivity index (χ0n) is 14.0. The molecular formula is C20H15N3OS2. The van der Waals surface area contributed by atoms with Crippen LogP contribution in [0.25, 0.3) is 23.0 Å². The molecule has 1 fully saturated rings. The minimum absolute atomic E-state index is 0.164. The minimum Gasteiger partial charge on any atom is -0.307 e. The molecule has 1 amide bonds. The van der Waals surface area contributed by atoms with Crippen molar-refractivity contribution in [3.63, 3.8) is 0 Å². The third-order valence-electron chi connectivity index (χ3n) is 3.98. The van der Waals surface area contributed by atoms with Crippen LogP contribution in [-0.4, -0.2) is 20.0 Å². The number of nitrogens with one attached hydrogen (secondary N) is 1. The van der Waals surface area contributed by atoms with Crippen LogP contribution in [0.5, 0.6) is 0 Å². The Balaban J connectivity index is 1.86. The first-order chi connectivity index (χ1) is 12.6. The van der Waals surface area contributed by atoms with Crippen LogP contribution in [0.4, 0.5) is 0 Å². The number of hydrogen-bond acceptors (Lipinski definition) is 4. The summed E-state index contributed by atoms with van der Waals surface area (Å²) in [6.45, 7) is 2.05. The molecule has 2 aromatic carbocycles. The fourth-order valence-electron chi connectivity index (χ4n) is 2.78. The molecule has 0 spiro atoms. The molecule has 128 valence electrons. The van der Waals surface area contributed by atoms with Crippen molar-refractivity contribution in [2.24, 2.45) is 0 Å². The van der Waals surface area contributed by atoms with Gasteiger partial charge in [0.1, 0.15) is 4.32 Å². The normalized spacial score (nSPS) is 15.5. The first kappa shape index (κ1) is 16.8. The predicted octanol–water partition coefficient (Wildman–Crippen LogP) is 4.34. The van der Waals surface area contributed by atoms with Crippen LogP contribution in [0.15, 0.2) is 65.7 Å². The third kappa shape index (κ3) is 3.34. The van der Waals surface area contributed by atoms with Crippen molar-refractivity contribution in [2.75, 3.05) is 0 Å². The van der Waals surface area contributed by atoms with Gasteiger partial charge < -0.3 is 5.32 Å². The summed E-state index contributed by atoms with van der Waals surface area (Å²) in [6.07, 6.45) is 3.79. The minimum atomic E-state index is -0.164. The number of benzene rings is 2. The van der Waals surface area contributed by atoms with E-state index in [1.165, 1.54) is 11.8 Å². The first-order valence-corrected chi connectivity index (χ1v) is 9.29. The molecule has 4 nitrogen and oxygen atoms in total. The summed E-state index contributed by atoms with van der Waals surface area (Å²) in [5.74, 6) is -0.164. The molecule has 0 radical (unpaired) electrons. The number of para-hydroxylation sites is 1. The van der Waals surface area contributed by atoms with Crippen LogP contribution in [-0.2, 0) is 4.79 Å². The summed E-state index contributed by atoms with van der Waals surface area (Å²) in [5.41, 5.74) is 4.84. The molecule has 1 aromatic heterocycles. The van der Waals surface area contributed by atoms with Crippen molar-refractivity contribution in [2.45, 2.75) is 6.92 Å². The largest absolute Gasteiger partial charge is 0.307 e. The molecule has 6 heteroatoms. The first-order valence-electron chi connectivity index (χ1n) is 8.07. The van der Waals surface area contributed by atoms with E-state index in [1.54, 1.807) is 0 Å². The molecule has 2 heterocycles. The number of nitrogens with zero attached hydrogens (tertiary/aromatic N) is 2. The Morgan fingerprint density at radius 2 is 1.96 bits per heavy atom. The molecule has 1 N–H and O–H groups in total. The predicted molar refractivity (Wildman–Crippen MR) is 110 cm³/mol. The summed E-state index contributed by atoms with van der Waals surface area (Å²) in [4.78, 5) is 12.6. The van der Waals surface area contributed by atoms with Gasteiger partial charge in [0.25, 0.3) is 5.91 Å². The van der Waals surface area contributed by atoms with Gasteiger partial charge in [0.2, 0.25) is 0 Å². The maximum atomic E-state index is 12.1. The fraction of sp³-hybridized carbons (Fsp3) is 0.0500. The van der Waals surface area contributed by atoms with Crippen LogP contribution in [0.1, 0.15) is 11.1 Å². The molecular weight excluding hydrogens is 362 g/mol. The van der Waals surface area contributed by atoms with Crippen LogP contribution in [0.3, 0.4) is 0 Å². The lowest BCUT2D eigenvalue weighted by atomic mass is 10.1. The maximum absolute atomic E-state index is 12.1. The van der Waals surface area contributed by atoms with Gasteiger partial charge in [-0.05, 0) is 31.2 Å². The lowest BCUT2D eigenvalue weighted by Crippen LogP contribution is -2.17. The lowest BCUT2D eigenvalue weighted by molar-refractivity contribution is -0.115. The van der Waals surface area contributed by atoms with E-state index in [1.807, 2.05) is 59.4 Å². The number of thiocarbonyl (C=S) groups is 1. The summed E-state index contributed by atoms with van der Waals surface area (Å²) in [5, 5.41) is 7.43. The zero-order chi connectivity index (χ0) is 18.1. The number of carbonyl (C=O) groups is 1. The number of thioether (sulfide) groups is 1. The second kappa shape index (κ2) is 6.90. The van der Waals surface area contributed by atoms with Gasteiger partial charge in [0.05, 0.1) is 16.3 Å². The molecule has 1 aliphatic heterocycles. The molecule has 4 rings (SSSR count). The van der Waals surface area contributed by atoms with Crippen molar-refractivity contribution < 1.29 is 4.79 Å². The zero-order valence-corrected chi connectivity index (χ0v) is 15.6. The SMILES string of the molecule is Cc1cccc(-c2nn(-c3ccccc3)cc2/C=C2\SC(=S)NC2=O)c1. The van der Waals surface area contributed by atoms with Crippen molar-refractivity contribution >= 4 is 40.3 Å². The Hall–Kier alpha value is -2.70. The molecule has 0 atom stereocenters. The number of aromatic nitrogens is 2. The van der Waals surface area contributed by atoms with Gasteiger partial charge in [-0.15, -0.1) is 0 Å². The van der Waals surface area contributed by atoms with Gasteiger partial charge in [-0.3, -0.25) is 4.79 Å². The molecule has 26 heavy (non-hydrogen) atoms. The van der Waals surface area contributed by atoms with Crippen molar-refractivity contribution in [3.8, 4) is 16.9 Å². The Kier molecular flexibility index (Phi) is 4.44. The van der Waals surface area contributed by atoms with Crippen LogP contribution >= 0.6 is 24.0 Å². The number of rotatable bonds is 3. The van der Waals surface area contributed by atoms with Crippen LogP contribution in [0, 0.1) is 6.92 Å². The number of hydrogen-bond donors (Lipinski definition) is 1. The van der Waals surface area contributed by atoms with Gasteiger partial charge >= 0.3 is 0 Å². The summed E-state index contributed by atoms with van der Waals surface area (Å²) >= 11 is 6.36. The molecule has 0 bridgehead atoms. The topological polar surface area (TPSA) is 46.9 Å². The Morgan fingerprint density at radius 3 is 2.65 bits per heavy atom. The smallest absolute Gasteiger partial charge is 0.263 e. The van der Waals surface area contributed by atoms with Gasteiger partial charge in [-0.2, -0.15) is 5.10 Å². The lowest BCUT2D eigenvalue weighted by Gasteiger charge is -2.01. The van der Waals surface area contributed by atoms with Crippen LogP contribution in [0.2, 0.25) is 0 Å². The standard InChI is InChI=1S/C20H15N3OS2/c1-13-6-5-7-14(10-13)18-15(11-17-19(24)21-20(25)26-17)12-23(22-18)16-8-3-2-4-9-16/h2-12H,1H3,(H,21,24,25)/b17-11-. The third-order valence-corrected chi connectivity index (χ3v) is 5.15. The molecule has 0 aliphatic carbocycles. The highest BCUT2D eigenvalue weighted by atomic mass is 32.2. The van der Waals surface area contributed by atoms with E-state index in [9.17, 15) is 4.79 Å². The molecule has 0 unspecified atom stereocenters. The molecule has 1 aliphatic rings. The number of aryl methyl sites for hydroxylation is 1. The average Bonchev–Trinajstić information content (AvgIpc) is 3.19. The molecule has 0 saturated carbocycles. The Morgan fingerprint density at radius 1 is 1.15 bits per heavy atom. The van der Waals surface area contributed by atoms with E-state index < -0.39 is 0 Å². The summed E-state index contributed by atoms with van der Waals surface area (Å²) in [7, 11) is 0. The van der Waals surface area contributed by atoms with Crippen LogP contribution < -0.4 is 5.32 Å². The highest BCUT2D eigenvalue weighted by Gasteiger charge is 2.23. The van der Waals surface area contributed by atoms with Crippen molar-refractivity contribution in [1.82, 2.24) is 15.1 Å². The van der Waals surface area contributed by atoms with E-state index >= 15 is 0 Å². The van der Waals surface area contributed by atoms with Crippen molar-refractivity contribution in [3.05, 3.63) is 76.8 Å². The van der Waals surface area contributed by atoms with Gasteiger partial charge in [0.15, 0.2) is 0 Å². The Bertz CT molecular complexity index is 1040. The fourth-order valence-corrected chi connectivity index (χ4v) is 3.82. The van der Waals surface area contributed by atoms with E-state index in [2.05, 4.69) is 24.4 Å². The number of amides is 1. The van der Waals surface area contributed by atoms with E-state index in [0.717, 1.165) is 28.1 Å². The van der Waals surface area contributed by atoms with E-state index in [-0.39, 0.29) is 5.91 Å². The Labute approximate surface area is 160 Å². The van der Waals surface area contributed by atoms with E-state index in [4.69, 9.17) is 17.3 Å². The monoisotopic (exact) mass is 377 g/mol. The molecule has 1 saturated heterocycles. The van der Waals surface area contributed by atoms with E-state index in [0.29, 0.717) is 9.23 Å². The van der Waals surface area contributed by atoms with Crippen molar-refractivity contribution in [1.29, 1.82) is 0 Å².